The minimum atomic E-state index is 1.17. The quantitative estimate of drug-likeness (QED) is 0.322. The standard InChI is InChI=1S/C8H8.C8H16.C6H12/c1-2-8-6-4-3-5-7-8;1-3-5-7-8-6-4-2;1-3-5-6-4-2/h2-7H,1H2;3H,1,4-8H2,2H3;3H,1,4-6H2,2H3. The van der Waals surface area contributed by atoms with Gasteiger partial charge in [-0.3, -0.25) is 0 Å². The highest BCUT2D eigenvalue weighted by Gasteiger charge is 1.81. The van der Waals surface area contributed by atoms with Crippen LogP contribution in [0.5, 0.6) is 0 Å². The van der Waals surface area contributed by atoms with E-state index in [-0.39, 0.29) is 0 Å². The Bertz CT molecular complexity index is 334. The Kier molecular flexibility index (Phi) is 22.4. The maximum absolute atomic E-state index is 3.66. The SMILES string of the molecule is C=CCCCC.C=CCCCCCC.C=Cc1ccccc1. The largest absolute Gasteiger partial charge is 0.103 e. The highest BCUT2D eigenvalue weighted by Crippen LogP contribution is 2.01. The Hall–Kier alpha value is -1.56. The molecule has 0 saturated heterocycles. The molecule has 0 atom stereocenters. The van der Waals surface area contributed by atoms with Crippen molar-refractivity contribution in [2.45, 2.75) is 65.2 Å². The zero-order valence-corrected chi connectivity index (χ0v) is 14.9. The molecule has 1 aromatic rings. The Balaban J connectivity index is 0. The van der Waals surface area contributed by atoms with E-state index in [2.05, 4.69) is 33.6 Å². The van der Waals surface area contributed by atoms with Gasteiger partial charge in [-0.25, -0.2) is 0 Å². The van der Waals surface area contributed by atoms with Crippen LogP contribution in [0.25, 0.3) is 6.08 Å². The van der Waals surface area contributed by atoms with Gasteiger partial charge in [-0.2, -0.15) is 0 Å². The van der Waals surface area contributed by atoms with E-state index in [1.807, 2.05) is 48.6 Å². The van der Waals surface area contributed by atoms with Crippen molar-refractivity contribution in [3.63, 3.8) is 0 Å². The molecule has 0 heterocycles. The molecule has 0 aliphatic heterocycles. The van der Waals surface area contributed by atoms with Crippen molar-refractivity contribution in [2.24, 2.45) is 0 Å². The van der Waals surface area contributed by atoms with E-state index in [0.29, 0.717) is 0 Å². The summed E-state index contributed by atoms with van der Waals surface area (Å²) in [7, 11) is 0. The van der Waals surface area contributed by atoms with Crippen molar-refractivity contribution in [3.8, 4) is 0 Å². The summed E-state index contributed by atoms with van der Waals surface area (Å²) in [6.07, 6.45) is 16.2. The fraction of sp³-hybridized carbons (Fsp3) is 0.455. The lowest BCUT2D eigenvalue weighted by Gasteiger charge is -1.91. The minimum Gasteiger partial charge on any atom is -0.103 e. The molecule has 0 aliphatic carbocycles. The average Bonchev–Trinajstić information content (AvgIpc) is 2.59. The Morgan fingerprint density at radius 3 is 1.64 bits per heavy atom. The first kappa shape index (κ1) is 22.7. The molecule has 0 nitrogen and oxygen atoms in total. The number of unbranched alkanes of at least 4 members (excludes halogenated alkanes) is 6. The summed E-state index contributed by atoms with van der Waals surface area (Å²) in [4.78, 5) is 0. The molecule has 0 N–H and O–H groups in total. The van der Waals surface area contributed by atoms with Crippen LogP contribution in [0.15, 0.2) is 62.2 Å². The van der Waals surface area contributed by atoms with Crippen LogP contribution in [0.4, 0.5) is 0 Å². The first-order valence-electron chi connectivity index (χ1n) is 8.65. The molecule has 0 aliphatic rings. The van der Waals surface area contributed by atoms with E-state index in [9.17, 15) is 0 Å². The first-order valence-corrected chi connectivity index (χ1v) is 8.65. The third kappa shape index (κ3) is 20.8. The maximum Gasteiger partial charge on any atom is -0.0263 e. The molecule has 124 valence electrons. The molecule has 1 aromatic carbocycles. The second kappa shape index (κ2) is 21.7. The summed E-state index contributed by atoms with van der Waals surface area (Å²) in [6.45, 7) is 15.3. The zero-order chi connectivity index (χ0) is 16.9. The molecule has 0 amide bonds. The topological polar surface area (TPSA) is 0 Å². The number of hydrogen-bond acceptors (Lipinski definition) is 0. The summed E-state index contributed by atoms with van der Waals surface area (Å²) in [5.74, 6) is 0. The van der Waals surface area contributed by atoms with Gasteiger partial charge in [-0.1, -0.05) is 101 Å². The molecule has 0 saturated carbocycles. The fourth-order valence-corrected chi connectivity index (χ4v) is 1.65. The van der Waals surface area contributed by atoms with Crippen LogP contribution in [-0.4, -0.2) is 0 Å². The predicted molar refractivity (Wildman–Crippen MR) is 105 cm³/mol. The van der Waals surface area contributed by atoms with Crippen LogP contribution in [0, 0.1) is 0 Å². The number of hydrogen-bond donors (Lipinski definition) is 0. The van der Waals surface area contributed by atoms with Crippen molar-refractivity contribution >= 4 is 6.08 Å². The monoisotopic (exact) mass is 300 g/mol. The van der Waals surface area contributed by atoms with Crippen molar-refractivity contribution in [1.29, 1.82) is 0 Å². The molecule has 0 spiro atoms. The van der Waals surface area contributed by atoms with Gasteiger partial charge in [0.2, 0.25) is 0 Å². The van der Waals surface area contributed by atoms with Gasteiger partial charge >= 0.3 is 0 Å². The second-order valence-corrected chi connectivity index (χ2v) is 5.18. The zero-order valence-electron chi connectivity index (χ0n) is 14.9. The van der Waals surface area contributed by atoms with Gasteiger partial charge in [0.05, 0.1) is 0 Å². The van der Waals surface area contributed by atoms with Gasteiger partial charge in [0.1, 0.15) is 0 Å². The van der Waals surface area contributed by atoms with E-state index in [1.54, 1.807) is 0 Å². The molecular formula is C22H36. The van der Waals surface area contributed by atoms with Crippen molar-refractivity contribution < 1.29 is 0 Å². The van der Waals surface area contributed by atoms with Gasteiger partial charge in [0, 0.05) is 0 Å². The lowest BCUT2D eigenvalue weighted by Crippen LogP contribution is -1.71. The van der Waals surface area contributed by atoms with Crippen LogP contribution >= 0.6 is 0 Å². The fourth-order valence-electron chi connectivity index (χ4n) is 1.65. The normalized spacial score (nSPS) is 8.64. The van der Waals surface area contributed by atoms with Crippen LogP contribution in [0.2, 0.25) is 0 Å². The molecule has 1 rings (SSSR count). The average molecular weight is 301 g/mol. The molecule has 0 radical (unpaired) electrons. The lowest BCUT2D eigenvalue weighted by atomic mass is 10.2. The van der Waals surface area contributed by atoms with Crippen molar-refractivity contribution in [3.05, 3.63) is 67.8 Å². The molecule has 0 heteroatoms. The summed E-state index contributed by atoms with van der Waals surface area (Å²) in [6, 6.07) is 10.0. The lowest BCUT2D eigenvalue weighted by molar-refractivity contribution is 0.675. The van der Waals surface area contributed by atoms with Gasteiger partial charge in [0.15, 0.2) is 0 Å². The van der Waals surface area contributed by atoms with E-state index in [0.717, 1.165) is 0 Å². The molecular weight excluding hydrogens is 264 g/mol. The molecule has 0 unspecified atom stereocenters. The van der Waals surface area contributed by atoms with E-state index in [1.165, 1.54) is 56.9 Å². The Labute approximate surface area is 139 Å². The summed E-state index contributed by atoms with van der Waals surface area (Å²) >= 11 is 0. The maximum atomic E-state index is 3.66. The molecule has 0 fully saturated rings. The number of rotatable bonds is 9. The highest BCUT2D eigenvalue weighted by atomic mass is 13.9. The van der Waals surface area contributed by atoms with E-state index in [4.69, 9.17) is 0 Å². The third-order valence-corrected chi connectivity index (χ3v) is 3.06. The molecule has 0 bridgehead atoms. The predicted octanol–water partition coefficient (Wildman–Crippen LogP) is 7.84. The Morgan fingerprint density at radius 1 is 0.727 bits per heavy atom. The van der Waals surface area contributed by atoms with Crippen LogP contribution < -0.4 is 0 Å². The minimum absolute atomic E-state index is 1.17. The van der Waals surface area contributed by atoms with Gasteiger partial charge < -0.3 is 0 Å². The third-order valence-electron chi connectivity index (χ3n) is 3.06. The highest BCUT2D eigenvalue weighted by molar-refractivity contribution is 5.45. The summed E-state index contributed by atoms with van der Waals surface area (Å²) in [5.41, 5.74) is 1.17. The summed E-state index contributed by atoms with van der Waals surface area (Å²) < 4.78 is 0. The first-order chi connectivity index (χ1) is 10.8. The van der Waals surface area contributed by atoms with Gasteiger partial charge in [0.25, 0.3) is 0 Å². The second-order valence-electron chi connectivity index (χ2n) is 5.18. The Morgan fingerprint density at radius 2 is 1.27 bits per heavy atom. The van der Waals surface area contributed by atoms with Crippen LogP contribution in [0.1, 0.15) is 70.8 Å². The van der Waals surface area contributed by atoms with Gasteiger partial charge in [-0.15, -0.1) is 13.2 Å². The smallest absolute Gasteiger partial charge is 0.0263 e. The number of benzene rings is 1. The van der Waals surface area contributed by atoms with Crippen molar-refractivity contribution in [2.75, 3.05) is 0 Å². The van der Waals surface area contributed by atoms with Crippen LogP contribution in [-0.2, 0) is 0 Å². The van der Waals surface area contributed by atoms with E-state index < -0.39 is 0 Å². The van der Waals surface area contributed by atoms with E-state index >= 15 is 0 Å². The van der Waals surface area contributed by atoms with Crippen LogP contribution in [0.3, 0.4) is 0 Å². The summed E-state index contributed by atoms with van der Waals surface area (Å²) in [5, 5.41) is 0. The van der Waals surface area contributed by atoms with Crippen molar-refractivity contribution in [1.82, 2.24) is 0 Å². The molecule has 22 heavy (non-hydrogen) atoms. The number of allylic oxidation sites excluding steroid dienone is 2. The molecule has 0 aromatic heterocycles. The van der Waals surface area contributed by atoms with Gasteiger partial charge in [-0.05, 0) is 24.8 Å².